The van der Waals surface area contributed by atoms with Crippen LogP contribution in [0.25, 0.3) is 5.57 Å². The van der Waals surface area contributed by atoms with E-state index in [0.29, 0.717) is 0 Å². The lowest BCUT2D eigenvalue weighted by Gasteiger charge is -1.98. The minimum absolute atomic E-state index is 1.11. The van der Waals surface area contributed by atoms with Crippen LogP contribution < -0.4 is 0 Å². The average molecular weight is 315 g/mol. The first-order valence-corrected chi connectivity index (χ1v) is 8.80. The second-order valence-electron chi connectivity index (χ2n) is 4.18. The van der Waals surface area contributed by atoms with Crippen LogP contribution in [0.1, 0.15) is 66.0 Å². The Morgan fingerprint density at radius 1 is 0.957 bits per heavy atom. The van der Waals surface area contributed by atoms with Gasteiger partial charge in [0.15, 0.2) is 0 Å². The SMILES string of the molecule is C=C.C=C(C)/C=C\C1=C(c2ccccc2C)C1.CC.CC.CC. The van der Waals surface area contributed by atoms with E-state index < -0.39 is 0 Å². The van der Waals surface area contributed by atoms with Gasteiger partial charge in [-0.2, -0.15) is 0 Å². The number of allylic oxidation sites excluding steroid dienone is 5. The predicted molar refractivity (Wildman–Crippen MR) is 112 cm³/mol. The highest BCUT2D eigenvalue weighted by molar-refractivity contribution is 5.86. The number of rotatable bonds is 3. The van der Waals surface area contributed by atoms with Gasteiger partial charge in [0.05, 0.1) is 0 Å². The molecular weight excluding hydrogens is 276 g/mol. The van der Waals surface area contributed by atoms with Crippen molar-refractivity contribution < 1.29 is 0 Å². The molecule has 0 heteroatoms. The van der Waals surface area contributed by atoms with Crippen LogP contribution in [-0.4, -0.2) is 0 Å². The maximum atomic E-state index is 3.86. The lowest BCUT2D eigenvalue weighted by atomic mass is 10.1. The summed E-state index contributed by atoms with van der Waals surface area (Å²) < 4.78 is 0. The maximum absolute atomic E-state index is 3.86. The standard InChI is InChI=1S/C15H16.3C2H6.C2H4/c1-11(2)8-9-13-10-15(13)14-7-5-4-6-12(14)3;4*1-2/h4-9H,1,10H2,2-3H3;3*1-2H3;1-2H2/b9-8-;;;;. The fourth-order valence-corrected chi connectivity index (χ4v) is 1.73. The molecule has 23 heavy (non-hydrogen) atoms. The summed E-state index contributed by atoms with van der Waals surface area (Å²) in [5.74, 6) is 0. The molecule has 0 saturated heterocycles. The van der Waals surface area contributed by atoms with E-state index in [4.69, 9.17) is 0 Å². The van der Waals surface area contributed by atoms with E-state index in [0.717, 1.165) is 12.0 Å². The summed E-state index contributed by atoms with van der Waals surface area (Å²) >= 11 is 0. The molecule has 0 saturated carbocycles. The van der Waals surface area contributed by atoms with Gasteiger partial charge in [-0.3, -0.25) is 0 Å². The van der Waals surface area contributed by atoms with Gasteiger partial charge in [0.2, 0.25) is 0 Å². The molecule has 0 nitrogen and oxygen atoms in total. The van der Waals surface area contributed by atoms with Gasteiger partial charge in [0.1, 0.15) is 0 Å². The zero-order valence-corrected chi connectivity index (χ0v) is 16.8. The molecule has 0 radical (unpaired) electrons. The van der Waals surface area contributed by atoms with Crippen molar-refractivity contribution in [2.75, 3.05) is 0 Å². The topological polar surface area (TPSA) is 0 Å². The molecule has 0 N–H and O–H groups in total. The van der Waals surface area contributed by atoms with Gasteiger partial charge in [-0.1, -0.05) is 90.1 Å². The van der Waals surface area contributed by atoms with Crippen molar-refractivity contribution in [3.63, 3.8) is 0 Å². The molecule has 0 unspecified atom stereocenters. The van der Waals surface area contributed by atoms with Gasteiger partial charge in [-0.05, 0) is 42.5 Å². The monoisotopic (exact) mass is 314 g/mol. The lowest BCUT2D eigenvalue weighted by molar-refractivity contribution is 1.42. The van der Waals surface area contributed by atoms with E-state index in [2.05, 4.69) is 63.1 Å². The molecule has 1 aliphatic rings. The van der Waals surface area contributed by atoms with Crippen LogP contribution in [-0.2, 0) is 0 Å². The second kappa shape index (κ2) is 18.2. The first-order chi connectivity index (χ1) is 11.2. The van der Waals surface area contributed by atoms with Crippen molar-refractivity contribution in [1.82, 2.24) is 0 Å². The highest BCUT2D eigenvalue weighted by atomic mass is 14.2. The van der Waals surface area contributed by atoms with Crippen molar-refractivity contribution in [3.8, 4) is 0 Å². The van der Waals surface area contributed by atoms with Crippen LogP contribution in [0.15, 0.2) is 67.3 Å². The first-order valence-electron chi connectivity index (χ1n) is 8.80. The molecule has 0 amide bonds. The van der Waals surface area contributed by atoms with Gasteiger partial charge in [-0.15, -0.1) is 13.2 Å². The number of hydrogen-bond donors (Lipinski definition) is 0. The number of aryl methyl sites for hydroxylation is 1. The first kappa shape index (κ1) is 26.1. The Balaban J connectivity index is -0.000000438. The van der Waals surface area contributed by atoms with Crippen molar-refractivity contribution >= 4 is 5.57 Å². The third kappa shape index (κ3) is 11.4. The molecule has 0 aliphatic heterocycles. The minimum atomic E-state index is 1.11. The Morgan fingerprint density at radius 3 is 1.87 bits per heavy atom. The van der Waals surface area contributed by atoms with Crippen LogP contribution in [0.4, 0.5) is 0 Å². The highest BCUT2D eigenvalue weighted by Gasteiger charge is 2.21. The fraction of sp³-hybridized carbons (Fsp3) is 0.391. The summed E-state index contributed by atoms with van der Waals surface area (Å²) in [5.41, 5.74) is 6.82. The molecule has 0 aromatic heterocycles. The Hall–Kier alpha value is -1.82. The average Bonchev–Trinajstić information content (AvgIpc) is 3.40. The highest BCUT2D eigenvalue weighted by Crippen LogP contribution is 2.42. The van der Waals surface area contributed by atoms with Crippen LogP contribution in [0.5, 0.6) is 0 Å². The Labute approximate surface area is 146 Å². The van der Waals surface area contributed by atoms with Crippen LogP contribution in [0, 0.1) is 6.92 Å². The molecule has 130 valence electrons. The molecule has 0 bridgehead atoms. The van der Waals surface area contributed by atoms with Crippen molar-refractivity contribution in [3.05, 3.63) is 78.4 Å². The van der Waals surface area contributed by atoms with E-state index in [-0.39, 0.29) is 0 Å². The van der Waals surface area contributed by atoms with E-state index in [1.165, 1.54) is 22.3 Å². The zero-order chi connectivity index (χ0) is 18.8. The summed E-state index contributed by atoms with van der Waals surface area (Å²) in [6, 6.07) is 8.56. The van der Waals surface area contributed by atoms with Crippen LogP contribution >= 0.6 is 0 Å². The molecule has 0 heterocycles. The minimum Gasteiger partial charge on any atom is -0.106 e. The molecule has 1 aromatic rings. The lowest BCUT2D eigenvalue weighted by Crippen LogP contribution is -1.78. The predicted octanol–water partition coefficient (Wildman–Crippen LogP) is 8.17. The van der Waals surface area contributed by atoms with Crippen molar-refractivity contribution in [2.45, 2.75) is 61.8 Å². The van der Waals surface area contributed by atoms with Gasteiger partial charge in [0.25, 0.3) is 0 Å². The molecular formula is C23H38. The molecule has 1 aromatic carbocycles. The van der Waals surface area contributed by atoms with Gasteiger partial charge < -0.3 is 0 Å². The van der Waals surface area contributed by atoms with Gasteiger partial charge in [-0.25, -0.2) is 0 Å². The second-order valence-corrected chi connectivity index (χ2v) is 4.18. The molecule has 0 spiro atoms. The largest absolute Gasteiger partial charge is 0.106 e. The third-order valence-corrected chi connectivity index (χ3v) is 2.67. The zero-order valence-electron chi connectivity index (χ0n) is 16.8. The third-order valence-electron chi connectivity index (χ3n) is 2.67. The summed E-state index contributed by atoms with van der Waals surface area (Å²) in [6.45, 7) is 26.0. The summed E-state index contributed by atoms with van der Waals surface area (Å²) in [4.78, 5) is 0. The summed E-state index contributed by atoms with van der Waals surface area (Å²) in [5, 5.41) is 0. The molecule has 2 rings (SSSR count). The van der Waals surface area contributed by atoms with Crippen molar-refractivity contribution in [1.29, 1.82) is 0 Å². The Morgan fingerprint density at radius 2 is 1.43 bits per heavy atom. The Bertz CT molecular complexity index is 473. The Kier molecular flexibility index (Phi) is 20.7. The molecule has 1 aliphatic carbocycles. The summed E-state index contributed by atoms with van der Waals surface area (Å²) in [7, 11) is 0. The van der Waals surface area contributed by atoms with Crippen molar-refractivity contribution in [2.24, 2.45) is 0 Å². The fourth-order valence-electron chi connectivity index (χ4n) is 1.73. The van der Waals surface area contributed by atoms with E-state index in [1.807, 2.05) is 48.5 Å². The number of hydrogen-bond acceptors (Lipinski definition) is 0. The summed E-state index contributed by atoms with van der Waals surface area (Å²) in [6.07, 6.45) is 5.40. The van der Waals surface area contributed by atoms with Gasteiger partial charge >= 0.3 is 0 Å². The van der Waals surface area contributed by atoms with Crippen LogP contribution in [0.3, 0.4) is 0 Å². The van der Waals surface area contributed by atoms with E-state index in [9.17, 15) is 0 Å². The quantitative estimate of drug-likeness (QED) is 0.390. The smallest absolute Gasteiger partial charge is 0.00138 e. The van der Waals surface area contributed by atoms with Crippen LogP contribution in [0.2, 0.25) is 0 Å². The molecule has 0 fully saturated rings. The molecule has 0 atom stereocenters. The van der Waals surface area contributed by atoms with E-state index >= 15 is 0 Å². The van der Waals surface area contributed by atoms with Gasteiger partial charge in [0, 0.05) is 0 Å². The normalized spacial score (nSPS) is 10.6. The van der Waals surface area contributed by atoms with E-state index in [1.54, 1.807) is 0 Å². The maximum Gasteiger partial charge on any atom is -0.00138 e. The number of benzene rings is 1.